The molecule has 14 atom stereocenters. The van der Waals surface area contributed by atoms with E-state index >= 15 is 24.0 Å². The van der Waals surface area contributed by atoms with Crippen LogP contribution in [0, 0.1) is 11.3 Å². The third kappa shape index (κ3) is 30.5. The molecule has 2 saturated heterocycles. The molecule has 24 N–H and O–H groups in total. The number of fused-ring (bicyclic) bond motifs is 3. The number of amides is 17. The molecule has 722 valence electrons. The maximum Gasteiger partial charge on any atom is 0.246 e. The molecule has 8 rings (SSSR count). The summed E-state index contributed by atoms with van der Waals surface area (Å²) in [5, 5.41) is 49.3. The van der Waals surface area contributed by atoms with Crippen molar-refractivity contribution < 1.29 is 86.6 Å². The molecule has 5 heterocycles. The fourth-order valence-electron chi connectivity index (χ4n) is 15.9. The van der Waals surface area contributed by atoms with Crippen LogP contribution in [0.2, 0.25) is 0 Å². The lowest BCUT2D eigenvalue weighted by atomic mass is 10.00. The van der Waals surface area contributed by atoms with Crippen molar-refractivity contribution in [2.45, 2.75) is 216 Å². The van der Waals surface area contributed by atoms with Crippen LogP contribution in [0.4, 0.5) is 0 Å². The van der Waals surface area contributed by atoms with Crippen molar-refractivity contribution in [3.8, 4) is 0 Å². The number of nitrogens with zero attached hydrogens (tertiary/aromatic N) is 6. The van der Waals surface area contributed by atoms with Gasteiger partial charge >= 0.3 is 0 Å². The third-order valence-electron chi connectivity index (χ3n) is 23.2. The lowest BCUT2D eigenvalue weighted by Crippen LogP contribution is -2.61. The van der Waals surface area contributed by atoms with Gasteiger partial charge < -0.3 is 126 Å². The number of hydrogen-bond acceptors (Lipinski definition) is 22. The van der Waals surface area contributed by atoms with E-state index in [9.17, 15) is 62.6 Å². The minimum absolute atomic E-state index is 0.00258. The van der Waals surface area contributed by atoms with Crippen LogP contribution in [0.5, 0.6) is 0 Å². The number of aliphatic hydroxyl groups is 1. The molecule has 2 aliphatic rings. The number of aromatic amines is 3. The first-order valence-electron chi connectivity index (χ1n) is 44.4. The second-order valence-corrected chi connectivity index (χ2v) is 35.0. The first kappa shape index (κ1) is 105. The van der Waals surface area contributed by atoms with Crippen LogP contribution in [-0.2, 0) is 107 Å². The highest BCUT2D eigenvalue weighted by atomic mass is 32.2. The second-order valence-electron chi connectivity index (χ2n) is 34.0. The molecule has 0 aliphatic carbocycles. The summed E-state index contributed by atoms with van der Waals surface area (Å²) in [6.07, 6.45) is 5.36. The lowest BCUT2D eigenvalue weighted by molar-refractivity contribution is -0.149. The molecule has 3 aromatic heterocycles. The van der Waals surface area contributed by atoms with Gasteiger partial charge in [-0.1, -0.05) is 120 Å². The number of primary amides is 2. The van der Waals surface area contributed by atoms with E-state index in [4.69, 9.17) is 28.3 Å². The fourth-order valence-corrected chi connectivity index (χ4v) is 16.7. The number of rotatable bonds is 26. The average molecular weight is 1870 g/mol. The molecule has 43 nitrogen and oxygen atoms in total. The number of H-pyrrole nitrogens is 3. The second kappa shape index (κ2) is 50.8. The highest BCUT2D eigenvalue weighted by Gasteiger charge is 2.45. The van der Waals surface area contributed by atoms with Gasteiger partial charge in [-0.05, 0) is 80.2 Å². The Labute approximate surface area is 774 Å². The largest absolute Gasteiger partial charge is 0.394 e. The number of carbonyl (C=O) groups is 17. The number of imidazole rings is 1. The number of thioether (sulfide) groups is 1. The van der Waals surface area contributed by atoms with Gasteiger partial charge in [0.1, 0.15) is 78.5 Å². The Balaban J connectivity index is 1.19. The summed E-state index contributed by atoms with van der Waals surface area (Å²) in [5.74, 6) is -17.5. The van der Waals surface area contributed by atoms with Gasteiger partial charge in [0, 0.05) is 125 Å². The number of aliphatic hydroxyl groups excluding tert-OH is 1. The van der Waals surface area contributed by atoms with Crippen LogP contribution in [0.25, 0.3) is 21.8 Å². The van der Waals surface area contributed by atoms with Crippen molar-refractivity contribution >= 4 is 140 Å². The number of hydrogen-bond donors (Lipinski definition) is 20. The third-order valence-corrected chi connectivity index (χ3v) is 24.3. The van der Waals surface area contributed by atoms with E-state index in [-0.39, 0.29) is 83.2 Å². The number of guanidine groups is 1. The molecule has 44 heteroatoms. The van der Waals surface area contributed by atoms with E-state index in [1.165, 1.54) is 47.6 Å². The molecule has 2 aliphatic heterocycles. The molecular weight excluding hydrogens is 1740 g/mol. The summed E-state index contributed by atoms with van der Waals surface area (Å²) in [7, 11) is 5.22. The minimum Gasteiger partial charge on any atom is -0.394 e. The van der Waals surface area contributed by atoms with Crippen LogP contribution in [0.3, 0.4) is 0 Å². The monoisotopic (exact) mass is 1870 g/mol. The van der Waals surface area contributed by atoms with Crippen LogP contribution < -0.4 is 81.4 Å². The number of carbonyl (C=O) groups excluding carboxylic acids is 17. The van der Waals surface area contributed by atoms with Crippen molar-refractivity contribution in [3.05, 3.63) is 126 Å². The molecule has 0 saturated carbocycles. The number of aromatic nitrogens is 4. The van der Waals surface area contributed by atoms with Gasteiger partial charge in [-0.25, -0.2) is 4.98 Å². The quantitative estimate of drug-likeness (QED) is 0.0144. The highest BCUT2D eigenvalue weighted by Crippen LogP contribution is 2.26. The first-order valence-corrected chi connectivity index (χ1v) is 45.5. The molecule has 17 amide bonds. The lowest BCUT2D eigenvalue weighted by Gasteiger charge is -2.36. The molecule has 133 heavy (non-hydrogen) atoms. The predicted molar refractivity (Wildman–Crippen MR) is 493 cm³/mol. The molecule has 2 fully saturated rings. The molecule has 0 radical (unpaired) electrons. The molecular formula is C89H127N25O18S. The summed E-state index contributed by atoms with van der Waals surface area (Å²) in [6.45, 7) is 5.62. The zero-order valence-electron chi connectivity index (χ0n) is 76.3. The molecule has 0 bridgehead atoms. The van der Waals surface area contributed by atoms with E-state index < -0.39 is 229 Å². The van der Waals surface area contributed by atoms with Crippen molar-refractivity contribution in [2.24, 2.45) is 28.9 Å². The number of nitrogens with one attached hydrogen (secondary N) is 15. The van der Waals surface area contributed by atoms with Crippen LogP contribution in [0.1, 0.15) is 128 Å². The van der Waals surface area contributed by atoms with Gasteiger partial charge in [-0.15, -0.1) is 11.8 Å². The topological polar surface area (TPSA) is 647 Å². The zero-order valence-corrected chi connectivity index (χ0v) is 77.1. The van der Waals surface area contributed by atoms with Crippen LogP contribution in [-0.4, -0.2) is 313 Å². The number of nitrogens with two attached hydrogens (primary N) is 4. The predicted octanol–water partition coefficient (Wildman–Crippen LogP) is -3.20. The number of likely N-dealkylation sites (N-methyl/N-ethyl adjacent to an activating group) is 4. The Hall–Kier alpha value is -13.5. The maximum atomic E-state index is 15.7. The Bertz CT molecular complexity index is 5090. The number of benzene rings is 3. The Morgan fingerprint density at radius 2 is 1.08 bits per heavy atom. The van der Waals surface area contributed by atoms with Gasteiger partial charge in [-0.3, -0.25) is 86.9 Å². The average Bonchev–Trinajstić information content (AvgIpc) is 1.43. The molecule has 6 aromatic rings. The smallest absolute Gasteiger partial charge is 0.246 e. The molecule has 14 unspecified atom stereocenters. The van der Waals surface area contributed by atoms with E-state index in [2.05, 4.69) is 78.4 Å². The van der Waals surface area contributed by atoms with E-state index in [1.807, 2.05) is 13.8 Å². The Morgan fingerprint density at radius 3 is 1.67 bits per heavy atom. The highest BCUT2D eigenvalue weighted by molar-refractivity contribution is 8.00. The van der Waals surface area contributed by atoms with Gasteiger partial charge in [0.25, 0.3) is 0 Å². The van der Waals surface area contributed by atoms with Crippen molar-refractivity contribution in [1.29, 1.82) is 5.41 Å². The molecule has 3 aromatic carbocycles. The summed E-state index contributed by atoms with van der Waals surface area (Å²) in [6, 6.07) is 1.56. The number of para-hydroxylation sites is 2. The maximum absolute atomic E-state index is 15.7. The van der Waals surface area contributed by atoms with Crippen molar-refractivity contribution in [2.75, 3.05) is 72.5 Å². The zero-order chi connectivity index (χ0) is 97.4. The van der Waals surface area contributed by atoms with Gasteiger partial charge in [0.2, 0.25) is 100 Å². The summed E-state index contributed by atoms with van der Waals surface area (Å²) < 4.78 is 0. The van der Waals surface area contributed by atoms with E-state index in [0.717, 1.165) is 36.3 Å². The first-order chi connectivity index (χ1) is 63.3. The summed E-state index contributed by atoms with van der Waals surface area (Å²) in [4.78, 5) is 267. The Morgan fingerprint density at radius 1 is 0.541 bits per heavy atom. The van der Waals surface area contributed by atoms with Crippen LogP contribution in [0.15, 0.2) is 104 Å². The standard InChI is InChI=1S/C89H127N25O18S/c1-10-12-29-69-82(126)103-60(28-21-31-96-89(93)94)78(122)109-68(77(121)99-42-73(92)117)46-133-47-75(119)102-64(33-51-22-15-14-16-23-51)85(129)111(7)50(5)76(120)105-66(38-72(91)116)87(131)114-43-54(90)36-71(114)83(127)104-62(37-55-41-95-48-100-55)80(124)106-63(32-49(3)4)84(128)110(6)44-74(118)101-61(34-52-39-97-58-26-19-17-24-56(52)58)79(123)108-67(45-115)81(125)107-65(35-53-40-98-59-27-20-18-25-57(53)59)86(130)113(9)70(30-13-11-2)88(132)112(69)8/h14-20,22-27,39-41,48-50,54,60-71,97-98,115H,10-13,21,28-38,42-47,90H2,1-9H3,(H2,91,116)(H2,92,117)(H,95,100)(H,99,121)(H,101,118)(H,102,119)(H,103,126)(H,104,127)(H,105,120)(H,106,124)(H,107,125)(H,108,123)(H,109,122)(H4,93,94,96). The summed E-state index contributed by atoms with van der Waals surface area (Å²) >= 11 is 0.787. The van der Waals surface area contributed by atoms with Gasteiger partial charge in [-0.2, -0.15) is 0 Å². The van der Waals surface area contributed by atoms with Gasteiger partial charge in [0.05, 0.1) is 38.2 Å². The minimum atomic E-state index is -1.86. The van der Waals surface area contributed by atoms with Crippen molar-refractivity contribution in [1.82, 2.24) is 103 Å². The normalized spacial score (nSPS) is 24.0. The van der Waals surface area contributed by atoms with Gasteiger partial charge in [0.15, 0.2) is 5.96 Å². The van der Waals surface area contributed by atoms with Crippen LogP contribution >= 0.6 is 11.8 Å². The van der Waals surface area contributed by atoms with E-state index in [0.29, 0.717) is 69.9 Å². The Kier molecular flexibility index (Phi) is 40.0. The summed E-state index contributed by atoms with van der Waals surface area (Å²) in [5.41, 5.74) is 26.5. The SMILES string of the molecule is CCCCC1C(=O)N(C)C(CCCC)C(=O)NC(CCCNC(=N)N)C(=O)NC(C(=O)NCC(N)=O)CSCC(=O)NC(Cc2ccccc2)C(=O)N(C)C(C)C(=O)NC(CC(N)=O)C(=O)N2CC(N)CC2C(=O)NC(Cc2cnc[nH]2)C(=O)NC(CC(C)C)C(=O)N(C)CC(=O)NC(Cc2c[nH]c3ccccc23)C(=O)NC(CO)C(=O)NC(Cc2c[nH]c3ccccc23)C(=O)N1C. The van der Waals surface area contributed by atoms with E-state index in [1.54, 1.807) is 105 Å². The van der Waals surface area contributed by atoms with Crippen molar-refractivity contribution in [3.63, 3.8) is 0 Å². The number of unbranched alkanes of at least 4 members (excludes halogenated alkanes) is 2. The fraction of sp³-hybridized carbons (Fsp3) is 0.517. The molecule has 0 spiro atoms.